The number of fused-ring (bicyclic) bond motifs is 2. The van der Waals surface area contributed by atoms with Gasteiger partial charge in [-0.15, -0.1) is 0 Å². The van der Waals surface area contributed by atoms with E-state index >= 15 is 0 Å². The Morgan fingerprint density at radius 1 is 0.960 bits per heavy atom. The zero-order chi connectivity index (χ0) is 17.6. The van der Waals surface area contributed by atoms with Crippen molar-refractivity contribution in [3.05, 3.63) is 82.6 Å². The first-order chi connectivity index (χ1) is 12.1. The molecule has 0 aliphatic heterocycles. The fraction of sp³-hybridized carbons (Fsp3) is 0. The lowest BCUT2D eigenvalue weighted by Gasteiger charge is -2.14. The number of aromatic nitrogens is 1. The van der Waals surface area contributed by atoms with Crippen LogP contribution in [-0.4, -0.2) is 15.6 Å². The van der Waals surface area contributed by atoms with Crippen LogP contribution in [0.25, 0.3) is 27.4 Å². The molecule has 3 aromatic carbocycles. The summed E-state index contributed by atoms with van der Waals surface area (Å²) in [5, 5.41) is 12.3. The summed E-state index contributed by atoms with van der Waals surface area (Å²) in [5.41, 5.74) is 6.15. The minimum atomic E-state index is -0.783. The number of rotatable bonds is 2. The van der Waals surface area contributed by atoms with Crippen molar-refractivity contribution in [2.45, 2.75) is 0 Å². The van der Waals surface area contributed by atoms with Crippen LogP contribution in [0.3, 0.4) is 0 Å². The van der Waals surface area contributed by atoms with Crippen molar-refractivity contribution < 1.29 is 9.90 Å². The number of nitrogens with two attached hydrogens (primary N) is 1. The number of pyridine rings is 1. The quantitative estimate of drug-likeness (QED) is 0.592. The summed E-state index contributed by atoms with van der Waals surface area (Å²) < 4.78 is 1.70. The van der Waals surface area contributed by atoms with Gasteiger partial charge in [0, 0.05) is 28.7 Å². The van der Waals surface area contributed by atoms with Crippen LogP contribution < -0.4 is 11.2 Å². The van der Waals surface area contributed by atoms with Crippen molar-refractivity contribution in [3.8, 4) is 11.4 Å². The highest BCUT2D eigenvalue weighted by molar-refractivity contribution is 5.97. The lowest BCUT2D eigenvalue weighted by molar-refractivity contribution is 0.0999. The topological polar surface area (TPSA) is 85.3 Å². The zero-order valence-corrected chi connectivity index (χ0v) is 13.1. The Hall–Kier alpha value is -3.60. The molecule has 1 heterocycles. The number of hydrogen-bond acceptors (Lipinski definition) is 3. The van der Waals surface area contributed by atoms with Gasteiger partial charge in [-0.25, -0.2) is 0 Å². The summed E-state index contributed by atoms with van der Waals surface area (Å²) in [6.45, 7) is 0. The molecule has 5 heteroatoms. The predicted molar refractivity (Wildman–Crippen MR) is 97.2 cm³/mol. The number of aromatic hydroxyl groups is 1. The van der Waals surface area contributed by atoms with Crippen LogP contribution >= 0.6 is 0 Å². The van der Waals surface area contributed by atoms with Gasteiger partial charge in [-0.2, -0.15) is 0 Å². The second-order valence-corrected chi connectivity index (χ2v) is 5.81. The predicted octanol–water partition coefficient (Wildman–Crippen LogP) is 2.95. The van der Waals surface area contributed by atoms with Gasteiger partial charge in [0.25, 0.3) is 5.91 Å². The third kappa shape index (κ3) is 2.33. The monoisotopic (exact) mass is 330 g/mol. The van der Waals surface area contributed by atoms with E-state index in [0.29, 0.717) is 16.6 Å². The number of phenolic OH excluding ortho intramolecular Hbond substituents is 1. The Morgan fingerprint density at radius 2 is 1.64 bits per heavy atom. The van der Waals surface area contributed by atoms with E-state index in [9.17, 15) is 14.7 Å². The molecule has 0 saturated carbocycles. The molecule has 0 fully saturated rings. The highest BCUT2D eigenvalue weighted by Gasteiger charge is 2.14. The van der Waals surface area contributed by atoms with Crippen molar-refractivity contribution in [1.82, 2.24) is 4.57 Å². The molecule has 122 valence electrons. The van der Waals surface area contributed by atoms with Gasteiger partial charge in [-0.1, -0.05) is 36.4 Å². The van der Waals surface area contributed by atoms with E-state index in [0.717, 1.165) is 10.8 Å². The van der Waals surface area contributed by atoms with Crippen LogP contribution in [-0.2, 0) is 0 Å². The molecular formula is C20H14N2O3. The first-order valence-electron chi connectivity index (χ1n) is 7.72. The summed E-state index contributed by atoms with van der Waals surface area (Å²) >= 11 is 0. The van der Waals surface area contributed by atoms with Gasteiger partial charge >= 0.3 is 0 Å². The molecule has 25 heavy (non-hydrogen) atoms. The van der Waals surface area contributed by atoms with Gasteiger partial charge in [0.15, 0.2) is 0 Å². The summed E-state index contributed by atoms with van der Waals surface area (Å²) in [6.07, 6.45) is 1.43. The lowest BCUT2D eigenvalue weighted by Crippen LogP contribution is -2.23. The van der Waals surface area contributed by atoms with Gasteiger partial charge in [0.2, 0.25) is 5.43 Å². The number of carbonyl (C=O) groups excluding carboxylic acids is 1. The molecule has 5 nitrogen and oxygen atoms in total. The van der Waals surface area contributed by atoms with Gasteiger partial charge < -0.3 is 15.4 Å². The number of primary amides is 1. The number of carbonyl (C=O) groups is 1. The largest absolute Gasteiger partial charge is 0.507 e. The third-order valence-electron chi connectivity index (χ3n) is 4.28. The minimum Gasteiger partial charge on any atom is -0.507 e. The number of benzene rings is 3. The van der Waals surface area contributed by atoms with Crippen molar-refractivity contribution in [2.24, 2.45) is 5.73 Å². The fourth-order valence-corrected chi connectivity index (χ4v) is 3.08. The van der Waals surface area contributed by atoms with Gasteiger partial charge in [-0.05, 0) is 23.6 Å². The van der Waals surface area contributed by atoms with Gasteiger partial charge in [-0.3, -0.25) is 9.59 Å². The van der Waals surface area contributed by atoms with Crippen LogP contribution in [0.15, 0.2) is 71.7 Å². The average Bonchev–Trinajstić information content (AvgIpc) is 2.62. The lowest BCUT2D eigenvalue weighted by atomic mass is 10.1. The molecule has 0 radical (unpaired) electrons. The number of nitrogens with zero attached hydrogens (tertiary/aromatic N) is 1. The van der Waals surface area contributed by atoms with E-state index in [1.807, 2.05) is 36.4 Å². The normalized spacial score (nSPS) is 11.0. The first-order valence-corrected chi connectivity index (χ1v) is 7.72. The molecular weight excluding hydrogens is 316 g/mol. The number of para-hydroxylation sites is 1. The van der Waals surface area contributed by atoms with Crippen LogP contribution in [0.1, 0.15) is 10.4 Å². The Balaban J connectivity index is 2.12. The summed E-state index contributed by atoms with van der Waals surface area (Å²) in [7, 11) is 0. The molecule has 0 atom stereocenters. The molecule has 0 aliphatic rings. The van der Waals surface area contributed by atoms with Gasteiger partial charge in [0.1, 0.15) is 11.3 Å². The Kier molecular flexibility index (Phi) is 3.28. The molecule has 0 spiro atoms. The molecule has 4 rings (SSSR count). The second kappa shape index (κ2) is 5.49. The standard InChI is InChI=1S/C20H14N2O3/c21-20(25)16-11-22(17-8-4-3-7-15(17)19(16)24)13-9-12-5-1-2-6-14(12)18(23)10-13/h1-11,23H,(H2,21,25). The van der Waals surface area contributed by atoms with E-state index in [4.69, 9.17) is 5.73 Å². The van der Waals surface area contributed by atoms with Crippen molar-refractivity contribution in [2.75, 3.05) is 0 Å². The maximum atomic E-state index is 12.5. The molecule has 0 bridgehead atoms. The van der Waals surface area contributed by atoms with Crippen molar-refractivity contribution >= 4 is 27.6 Å². The number of phenols is 1. The fourth-order valence-electron chi connectivity index (χ4n) is 3.08. The minimum absolute atomic E-state index is 0.0913. The van der Waals surface area contributed by atoms with Crippen molar-refractivity contribution in [3.63, 3.8) is 0 Å². The second-order valence-electron chi connectivity index (χ2n) is 5.81. The molecule has 3 N–H and O–H groups in total. The van der Waals surface area contributed by atoms with E-state index < -0.39 is 11.3 Å². The first kappa shape index (κ1) is 15.0. The Labute approximate surface area is 142 Å². The average molecular weight is 330 g/mol. The van der Waals surface area contributed by atoms with Gasteiger partial charge in [0.05, 0.1) is 5.52 Å². The van der Waals surface area contributed by atoms with E-state index in [1.165, 1.54) is 6.20 Å². The molecule has 0 saturated heterocycles. The van der Waals surface area contributed by atoms with E-state index in [1.54, 1.807) is 28.8 Å². The summed E-state index contributed by atoms with van der Waals surface area (Å²) in [4.78, 5) is 24.2. The Bertz CT molecular complexity index is 1210. The molecule has 0 unspecified atom stereocenters. The molecule has 0 aliphatic carbocycles. The highest BCUT2D eigenvalue weighted by atomic mass is 16.3. The van der Waals surface area contributed by atoms with E-state index in [2.05, 4.69) is 0 Å². The number of amides is 1. The summed E-state index contributed by atoms with van der Waals surface area (Å²) in [6, 6.07) is 17.9. The molecule has 4 aromatic rings. The Morgan fingerprint density at radius 3 is 2.40 bits per heavy atom. The SMILES string of the molecule is NC(=O)c1cn(-c2cc(O)c3ccccc3c2)c2ccccc2c1=O. The summed E-state index contributed by atoms with van der Waals surface area (Å²) in [5.74, 6) is -0.661. The number of hydrogen-bond donors (Lipinski definition) is 2. The smallest absolute Gasteiger partial charge is 0.254 e. The van der Waals surface area contributed by atoms with Crippen LogP contribution in [0.5, 0.6) is 5.75 Å². The maximum Gasteiger partial charge on any atom is 0.254 e. The molecule has 1 aromatic heterocycles. The molecule has 1 amide bonds. The van der Waals surface area contributed by atoms with Crippen molar-refractivity contribution in [1.29, 1.82) is 0 Å². The maximum absolute atomic E-state index is 12.5. The third-order valence-corrected chi connectivity index (χ3v) is 4.28. The van der Waals surface area contributed by atoms with Crippen LogP contribution in [0, 0.1) is 0 Å². The van der Waals surface area contributed by atoms with Crippen LogP contribution in [0.4, 0.5) is 0 Å². The van der Waals surface area contributed by atoms with Crippen LogP contribution in [0.2, 0.25) is 0 Å². The zero-order valence-electron chi connectivity index (χ0n) is 13.1. The highest BCUT2D eigenvalue weighted by Crippen LogP contribution is 2.29. The van der Waals surface area contributed by atoms with E-state index in [-0.39, 0.29) is 11.3 Å².